The van der Waals surface area contributed by atoms with E-state index in [1.807, 2.05) is 0 Å². The number of nitrogens with zero attached hydrogens (tertiary/aromatic N) is 1. The molecule has 98 valence electrons. The van der Waals surface area contributed by atoms with Gasteiger partial charge in [0.05, 0.1) is 12.2 Å². The summed E-state index contributed by atoms with van der Waals surface area (Å²) in [4.78, 5) is 13.4. The van der Waals surface area contributed by atoms with E-state index in [0.717, 1.165) is 38.1 Å². The highest BCUT2D eigenvalue weighted by Gasteiger charge is 2.32. The summed E-state index contributed by atoms with van der Waals surface area (Å²) in [5.41, 5.74) is 1.33. The number of hydrogen-bond acceptors (Lipinski definition) is 3. The third-order valence-electron chi connectivity index (χ3n) is 4.34. The summed E-state index contributed by atoms with van der Waals surface area (Å²) in [6.07, 6.45) is 6.73. The van der Waals surface area contributed by atoms with Gasteiger partial charge in [0.2, 0.25) is 0 Å². The van der Waals surface area contributed by atoms with Gasteiger partial charge in [0.1, 0.15) is 5.76 Å². The maximum Gasteiger partial charge on any atom is 0.306 e. The number of hydrogen-bond donors (Lipinski definition) is 1. The third kappa shape index (κ3) is 2.05. The van der Waals surface area contributed by atoms with Gasteiger partial charge >= 0.3 is 5.97 Å². The normalized spacial score (nSPS) is 25.9. The molecule has 0 spiro atoms. The molecule has 2 aliphatic rings. The smallest absolute Gasteiger partial charge is 0.306 e. The molecule has 1 saturated heterocycles. The first kappa shape index (κ1) is 11.8. The van der Waals surface area contributed by atoms with E-state index in [4.69, 9.17) is 9.52 Å². The van der Waals surface area contributed by atoms with Gasteiger partial charge in [0, 0.05) is 18.0 Å². The highest BCUT2D eigenvalue weighted by molar-refractivity contribution is 5.70. The number of carbonyl (C=O) groups is 1. The summed E-state index contributed by atoms with van der Waals surface area (Å²) in [5, 5.41) is 9.03. The third-order valence-corrected chi connectivity index (χ3v) is 4.34. The molecule has 1 unspecified atom stereocenters. The predicted molar refractivity (Wildman–Crippen MR) is 66.3 cm³/mol. The Morgan fingerprint density at radius 3 is 2.83 bits per heavy atom. The average molecular weight is 249 g/mol. The van der Waals surface area contributed by atoms with Gasteiger partial charge in [-0.05, 0) is 44.8 Å². The van der Waals surface area contributed by atoms with E-state index >= 15 is 0 Å². The van der Waals surface area contributed by atoms with E-state index in [1.54, 1.807) is 6.26 Å². The van der Waals surface area contributed by atoms with E-state index in [1.165, 1.54) is 18.4 Å². The minimum atomic E-state index is -0.637. The standard InChI is InChI=1S/C14H19NO3/c16-14(17)10-4-7-15(8-5-10)12-2-1-3-13-11(12)6-9-18-13/h6,9-10,12H,1-5,7-8H2,(H,16,17). The number of aliphatic carboxylic acids is 1. The van der Waals surface area contributed by atoms with Crippen LogP contribution in [0.1, 0.15) is 43.0 Å². The summed E-state index contributed by atoms with van der Waals surface area (Å²) < 4.78 is 5.52. The zero-order valence-corrected chi connectivity index (χ0v) is 10.5. The minimum absolute atomic E-state index is 0.145. The van der Waals surface area contributed by atoms with Crippen LogP contribution in [0.5, 0.6) is 0 Å². The SMILES string of the molecule is O=C(O)C1CCN(C2CCCc3occc32)CC1. The fourth-order valence-electron chi connectivity index (χ4n) is 3.30. The van der Waals surface area contributed by atoms with Gasteiger partial charge < -0.3 is 9.52 Å². The number of furan rings is 1. The lowest BCUT2D eigenvalue weighted by Crippen LogP contribution is -2.39. The Balaban J connectivity index is 1.69. The van der Waals surface area contributed by atoms with Gasteiger partial charge in [-0.25, -0.2) is 0 Å². The second-order valence-corrected chi connectivity index (χ2v) is 5.36. The summed E-state index contributed by atoms with van der Waals surface area (Å²) in [5.74, 6) is 0.350. The largest absolute Gasteiger partial charge is 0.481 e. The Bertz CT molecular complexity index is 432. The number of carboxylic acids is 1. The van der Waals surface area contributed by atoms with Crippen molar-refractivity contribution in [2.45, 2.75) is 38.1 Å². The maximum absolute atomic E-state index is 11.0. The average Bonchev–Trinajstić information content (AvgIpc) is 2.87. The van der Waals surface area contributed by atoms with Gasteiger partial charge in [0.25, 0.3) is 0 Å². The molecular weight excluding hydrogens is 230 g/mol. The van der Waals surface area contributed by atoms with E-state index in [0.29, 0.717) is 6.04 Å². The number of aryl methyl sites for hydroxylation is 1. The van der Waals surface area contributed by atoms with Crippen LogP contribution in [0.25, 0.3) is 0 Å². The topological polar surface area (TPSA) is 53.7 Å². The van der Waals surface area contributed by atoms with Crippen molar-refractivity contribution in [1.29, 1.82) is 0 Å². The van der Waals surface area contributed by atoms with Gasteiger partial charge in [-0.2, -0.15) is 0 Å². The molecule has 4 heteroatoms. The molecule has 1 N–H and O–H groups in total. The molecule has 0 radical (unpaired) electrons. The molecule has 2 heterocycles. The summed E-state index contributed by atoms with van der Waals surface area (Å²) in [7, 11) is 0. The number of piperidine rings is 1. The van der Waals surface area contributed by atoms with Crippen LogP contribution in [0, 0.1) is 5.92 Å². The molecule has 0 saturated carbocycles. The fraction of sp³-hybridized carbons (Fsp3) is 0.643. The predicted octanol–water partition coefficient (Wildman–Crippen LogP) is 2.45. The number of rotatable bonds is 2. The van der Waals surface area contributed by atoms with E-state index < -0.39 is 5.97 Å². The molecule has 1 aliphatic carbocycles. The Morgan fingerprint density at radius 1 is 1.33 bits per heavy atom. The summed E-state index contributed by atoms with van der Waals surface area (Å²) in [6.45, 7) is 1.79. The Kier molecular flexibility index (Phi) is 3.12. The van der Waals surface area contributed by atoms with Gasteiger partial charge in [-0.15, -0.1) is 0 Å². The zero-order valence-electron chi connectivity index (χ0n) is 10.5. The molecule has 1 aromatic heterocycles. The van der Waals surface area contributed by atoms with Crippen LogP contribution >= 0.6 is 0 Å². The first-order chi connectivity index (χ1) is 8.75. The Hall–Kier alpha value is -1.29. The number of likely N-dealkylation sites (tertiary alicyclic amines) is 1. The molecule has 0 amide bonds. The summed E-state index contributed by atoms with van der Waals surface area (Å²) in [6, 6.07) is 2.53. The summed E-state index contributed by atoms with van der Waals surface area (Å²) >= 11 is 0. The van der Waals surface area contributed by atoms with Crippen LogP contribution in [0.4, 0.5) is 0 Å². The van der Waals surface area contributed by atoms with Crippen LogP contribution in [-0.4, -0.2) is 29.1 Å². The molecule has 0 bridgehead atoms. The van der Waals surface area contributed by atoms with Crippen molar-refractivity contribution in [1.82, 2.24) is 4.90 Å². The van der Waals surface area contributed by atoms with Crippen molar-refractivity contribution in [3.63, 3.8) is 0 Å². The first-order valence-corrected chi connectivity index (χ1v) is 6.79. The van der Waals surface area contributed by atoms with Crippen LogP contribution in [0.15, 0.2) is 16.7 Å². The van der Waals surface area contributed by atoms with Crippen molar-refractivity contribution in [2.24, 2.45) is 5.92 Å². The van der Waals surface area contributed by atoms with Crippen molar-refractivity contribution >= 4 is 5.97 Å². The molecule has 1 atom stereocenters. The van der Waals surface area contributed by atoms with Gasteiger partial charge in [0.15, 0.2) is 0 Å². The first-order valence-electron chi connectivity index (χ1n) is 6.79. The van der Waals surface area contributed by atoms with Crippen molar-refractivity contribution in [3.05, 3.63) is 23.7 Å². The van der Waals surface area contributed by atoms with Crippen LogP contribution in [-0.2, 0) is 11.2 Å². The lowest BCUT2D eigenvalue weighted by atomic mass is 9.89. The monoisotopic (exact) mass is 249 g/mol. The highest BCUT2D eigenvalue weighted by atomic mass is 16.4. The fourth-order valence-corrected chi connectivity index (χ4v) is 3.30. The molecule has 1 aliphatic heterocycles. The maximum atomic E-state index is 11.0. The van der Waals surface area contributed by atoms with Crippen molar-refractivity contribution in [2.75, 3.05) is 13.1 Å². The van der Waals surface area contributed by atoms with Gasteiger partial charge in [-0.1, -0.05) is 0 Å². The molecule has 1 aromatic rings. The Labute approximate surface area is 107 Å². The van der Waals surface area contributed by atoms with E-state index in [2.05, 4.69) is 11.0 Å². The Morgan fingerprint density at radius 2 is 2.11 bits per heavy atom. The van der Waals surface area contributed by atoms with Gasteiger partial charge in [-0.3, -0.25) is 9.69 Å². The molecule has 0 aromatic carbocycles. The quantitative estimate of drug-likeness (QED) is 0.874. The number of fused-ring (bicyclic) bond motifs is 1. The molecule has 4 nitrogen and oxygen atoms in total. The second-order valence-electron chi connectivity index (χ2n) is 5.36. The van der Waals surface area contributed by atoms with Crippen molar-refractivity contribution < 1.29 is 14.3 Å². The van der Waals surface area contributed by atoms with Crippen LogP contribution in [0.2, 0.25) is 0 Å². The van der Waals surface area contributed by atoms with Crippen LogP contribution in [0.3, 0.4) is 0 Å². The number of carboxylic acid groups (broad SMARTS) is 1. The molecule has 3 rings (SSSR count). The second kappa shape index (κ2) is 4.76. The lowest BCUT2D eigenvalue weighted by Gasteiger charge is -2.38. The lowest BCUT2D eigenvalue weighted by molar-refractivity contribution is -0.143. The van der Waals surface area contributed by atoms with Crippen LogP contribution < -0.4 is 0 Å². The molecular formula is C14H19NO3. The zero-order chi connectivity index (χ0) is 12.5. The van der Waals surface area contributed by atoms with E-state index in [-0.39, 0.29) is 5.92 Å². The van der Waals surface area contributed by atoms with E-state index in [9.17, 15) is 4.79 Å². The molecule has 18 heavy (non-hydrogen) atoms. The minimum Gasteiger partial charge on any atom is -0.481 e. The van der Waals surface area contributed by atoms with Crippen molar-refractivity contribution in [3.8, 4) is 0 Å². The molecule has 1 fully saturated rings. The highest BCUT2D eigenvalue weighted by Crippen LogP contribution is 2.36.